The van der Waals surface area contributed by atoms with Crippen LogP contribution >= 0.6 is 11.6 Å². The largest absolute Gasteiger partial charge is 0.495 e. The van der Waals surface area contributed by atoms with Crippen LogP contribution in [0, 0.1) is 6.92 Å². The maximum absolute atomic E-state index is 11.9. The predicted octanol–water partition coefficient (Wildman–Crippen LogP) is 3.71. The molecular formula is C16H17ClN2O2. The number of benzene rings is 2. The van der Waals surface area contributed by atoms with Crippen LogP contribution in [0.15, 0.2) is 42.5 Å². The number of aryl methyl sites for hydroxylation is 1. The van der Waals surface area contributed by atoms with Gasteiger partial charge in [-0.3, -0.25) is 4.79 Å². The molecule has 0 atom stereocenters. The summed E-state index contributed by atoms with van der Waals surface area (Å²) < 4.78 is 5.19. The monoisotopic (exact) mass is 304 g/mol. The van der Waals surface area contributed by atoms with Crippen molar-refractivity contribution in [3.8, 4) is 5.75 Å². The Morgan fingerprint density at radius 2 is 2.00 bits per heavy atom. The molecule has 1 amide bonds. The molecule has 21 heavy (non-hydrogen) atoms. The molecule has 2 aromatic carbocycles. The number of ether oxygens (including phenoxy) is 1. The van der Waals surface area contributed by atoms with Gasteiger partial charge < -0.3 is 15.4 Å². The number of amides is 1. The van der Waals surface area contributed by atoms with Gasteiger partial charge in [-0.25, -0.2) is 0 Å². The topological polar surface area (TPSA) is 50.4 Å². The molecule has 0 aromatic heterocycles. The third-order valence-electron chi connectivity index (χ3n) is 3.01. The van der Waals surface area contributed by atoms with E-state index in [1.54, 1.807) is 25.3 Å². The molecule has 0 unspecified atom stereocenters. The van der Waals surface area contributed by atoms with Crippen LogP contribution in [0.4, 0.5) is 11.4 Å². The van der Waals surface area contributed by atoms with E-state index in [9.17, 15) is 4.79 Å². The van der Waals surface area contributed by atoms with Gasteiger partial charge in [-0.15, -0.1) is 0 Å². The summed E-state index contributed by atoms with van der Waals surface area (Å²) in [6.45, 7) is 2.08. The Bertz CT molecular complexity index is 644. The number of para-hydroxylation sites is 2. The molecule has 0 saturated carbocycles. The van der Waals surface area contributed by atoms with Crippen molar-refractivity contribution in [2.45, 2.75) is 6.92 Å². The number of rotatable bonds is 5. The molecule has 5 heteroatoms. The second-order valence-electron chi connectivity index (χ2n) is 4.57. The number of carbonyl (C=O) groups is 1. The highest BCUT2D eigenvalue weighted by atomic mass is 35.5. The van der Waals surface area contributed by atoms with E-state index in [1.165, 1.54) is 0 Å². The zero-order chi connectivity index (χ0) is 15.2. The summed E-state index contributed by atoms with van der Waals surface area (Å²) in [6, 6.07) is 12.9. The Kier molecular flexibility index (Phi) is 5.06. The highest BCUT2D eigenvalue weighted by Crippen LogP contribution is 2.23. The van der Waals surface area contributed by atoms with Crippen LogP contribution in [-0.4, -0.2) is 19.6 Å². The predicted molar refractivity (Wildman–Crippen MR) is 86.3 cm³/mol. The second-order valence-corrected chi connectivity index (χ2v) is 4.97. The minimum Gasteiger partial charge on any atom is -0.495 e. The third kappa shape index (κ3) is 4.13. The van der Waals surface area contributed by atoms with Crippen molar-refractivity contribution in [1.29, 1.82) is 0 Å². The Hall–Kier alpha value is -2.20. The SMILES string of the molecule is COc1ccccc1NC(=O)CNc1ccc(C)c(Cl)c1. The van der Waals surface area contributed by atoms with Crippen molar-refractivity contribution >= 4 is 28.9 Å². The first-order valence-corrected chi connectivity index (χ1v) is 6.91. The summed E-state index contributed by atoms with van der Waals surface area (Å²) in [5.41, 5.74) is 2.45. The van der Waals surface area contributed by atoms with Crippen LogP contribution in [0.3, 0.4) is 0 Å². The van der Waals surface area contributed by atoms with Crippen molar-refractivity contribution in [2.24, 2.45) is 0 Å². The summed E-state index contributed by atoms with van der Waals surface area (Å²) in [7, 11) is 1.57. The quantitative estimate of drug-likeness (QED) is 0.885. The Labute approximate surface area is 129 Å². The van der Waals surface area contributed by atoms with Crippen LogP contribution in [0.2, 0.25) is 5.02 Å². The van der Waals surface area contributed by atoms with Gasteiger partial charge >= 0.3 is 0 Å². The summed E-state index contributed by atoms with van der Waals surface area (Å²) in [6.07, 6.45) is 0. The molecular weight excluding hydrogens is 288 g/mol. The Morgan fingerprint density at radius 3 is 2.71 bits per heavy atom. The summed E-state index contributed by atoms with van der Waals surface area (Å²) in [5, 5.41) is 6.50. The number of anilines is 2. The summed E-state index contributed by atoms with van der Waals surface area (Å²) >= 11 is 6.04. The Morgan fingerprint density at radius 1 is 1.24 bits per heavy atom. The lowest BCUT2D eigenvalue weighted by molar-refractivity contribution is -0.114. The minimum atomic E-state index is -0.156. The standard InChI is InChI=1S/C16H17ClN2O2/c1-11-7-8-12(9-13(11)17)18-10-16(20)19-14-5-3-4-6-15(14)21-2/h3-9,18H,10H2,1-2H3,(H,19,20). The van der Waals surface area contributed by atoms with Crippen LogP contribution in [0.1, 0.15) is 5.56 Å². The highest BCUT2D eigenvalue weighted by Gasteiger charge is 2.07. The van der Waals surface area contributed by atoms with Gasteiger partial charge in [-0.2, -0.15) is 0 Å². The molecule has 0 aliphatic carbocycles. The van der Waals surface area contributed by atoms with E-state index >= 15 is 0 Å². The molecule has 2 aromatic rings. The lowest BCUT2D eigenvalue weighted by Crippen LogP contribution is -2.22. The Balaban J connectivity index is 1.94. The van der Waals surface area contributed by atoms with Gasteiger partial charge in [0.15, 0.2) is 0 Å². The molecule has 0 heterocycles. The van der Waals surface area contributed by atoms with Crippen LogP contribution in [-0.2, 0) is 4.79 Å². The van der Waals surface area contributed by atoms with E-state index in [-0.39, 0.29) is 12.5 Å². The van der Waals surface area contributed by atoms with Crippen molar-refractivity contribution < 1.29 is 9.53 Å². The lowest BCUT2D eigenvalue weighted by atomic mass is 10.2. The van der Waals surface area contributed by atoms with Gasteiger partial charge in [0.2, 0.25) is 5.91 Å². The molecule has 0 radical (unpaired) electrons. The van der Waals surface area contributed by atoms with Gasteiger partial charge in [0.05, 0.1) is 19.3 Å². The van der Waals surface area contributed by atoms with Gasteiger partial charge in [0.1, 0.15) is 5.75 Å². The average Bonchev–Trinajstić information content (AvgIpc) is 2.49. The fourth-order valence-corrected chi connectivity index (χ4v) is 2.01. The molecule has 2 N–H and O–H groups in total. The first-order chi connectivity index (χ1) is 10.1. The fourth-order valence-electron chi connectivity index (χ4n) is 1.83. The second kappa shape index (κ2) is 6.99. The normalized spacial score (nSPS) is 10.0. The first kappa shape index (κ1) is 15.2. The van der Waals surface area contributed by atoms with Crippen molar-refractivity contribution in [3.05, 3.63) is 53.1 Å². The minimum absolute atomic E-state index is 0.150. The zero-order valence-corrected chi connectivity index (χ0v) is 12.7. The molecule has 0 saturated heterocycles. The van der Waals surface area contributed by atoms with Crippen molar-refractivity contribution in [1.82, 2.24) is 0 Å². The maximum atomic E-state index is 11.9. The third-order valence-corrected chi connectivity index (χ3v) is 3.41. The summed E-state index contributed by atoms with van der Waals surface area (Å²) in [5.74, 6) is 0.473. The smallest absolute Gasteiger partial charge is 0.243 e. The van der Waals surface area contributed by atoms with E-state index in [1.807, 2.05) is 31.2 Å². The van der Waals surface area contributed by atoms with Crippen LogP contribution < -0.4 is 15.4 Å². The van der Waals surface area contributed by atoms with E-state index in [4.69, 9.17) is 16.3 Å². The summed E-state index contributed by atoms with van der Waals surface area (Å²) in [4.78, 5) is 11.9. The molecule has 4 nitrogen and oxygen atoms in total. The van der Waals surface area contributed by atoms with Gasteiger partial charge in [0.25, 0.3) is 0 Å². The van der Waals surface area contributed by atoms with Gasteiger partial charge in [0, 0.05) is 10.7 Å². The number of hydrogen-bond donors (Lipinski definition) is 2. The van der Waals surface area contributed by atoms with Gasteiger partial charge in [-0.1, -0.05) is 29.8 Å². The lowest BCUT2D eigenvalue weighted by Gasteiger charge is -2.11. The molecule has 0 spiro atoms. The molecule has 0 fully saturated rings. The first-order valence-electron chi connectivity index (χ1n) is 6.53. The van der Waals surface area contributed by atoms with Crippen LogP contribution in [0.25, 0.3) is 0 Å². The number of carbonyl (C=O) groups excluding carboxylic acids is 1. The molecule has 0 aliphatic heterocycles. The zero-order valence-electron chi connectivity index (χ0n) is 11.9. The molecule has 110 valence electrons. The van der Waals surface area contributed by atoms with E-state index in [0.29, 0.717) is 16.5 Å². The molecule has 0 aliphatic rings. The van der Waals surface area contributed by atoms with E-state index < -0.39 is 0 Å². The van der Waals surface area contributed by atoms with E-state index in [2.05, 4.69) is 10.6 Å². The number of halogens is 1. The van der Waals surface area contributed by atoms with E-state index in [0.717, 1.165) is 11.3 Å². The highest BCUT2D eigenvalue weighted by molar-refractivity contribution is 6.31. The average molecular weight is 305 g/mol. The molecule has 0 bridgehead atoms. The number of methoxy groups -OCH3 is 1. The molecule has 2 rings (SSSR count). The van der Waals surface area contributed by atoms with Crippen molar-refractivity contribution in [2.75, 3.05) is 24.3 Å². The number of nitrogens with one attached hydrogen (secondary N) is 2. The fraction of sp³-hybridized carbons (Fsp3) is 0.188. The van der Waals surface area contributed by atoms with Gasteiger partial charge in [-0.05, 0) is 36.8 Å². The maximum Gasteiger partial charge on any atom is 0.243 e. The van der Waals surface area contributed by atoms with Crippen molar-refractivity contribution in [3.63, 3.8) is 0 Å². The van der Waals surface area contributed by atoms with Crippen LogP contribution in [0.5, 0.6) is 5.75 Å². The number of hydrogen-bond acceptors (Lipinski definition) is 3.